The molecule has 0 spiro atoms. The smallest absolute Gasteiger partial charge is 0.235 e. The highest BCUT2D eigenvalue weighted by molar-refractivity contribution is 5.49. The molecule has 0 aliphatic carbocycles. The Bertz CT molecular complexity index is 531. The van der Waals surface area contributed by atoms with Gasteiger partial charge in [0.25, 0.3) is 0 Å². The summed E-state index contributed by atoms with van der Waals surface area (Å²) in [7, 11) is 0. The third kappa shape index (κ3) is 1.95. The summed E-state index contributed by atoms with van der Waals surface area (Å²) in [6, 6.07) is 2.09. The molecule has 0 aromatic carbocycles. The number of nitrogens with zero attached hydrogens (tertiary/aromatic N) is 4. The quantitative estimate of drug-likeness (QED) is 0.823. The molecule has 2 aromatic rings. The summed E-state index contributed by atoms with van der Waals surface area (Å²) in [6.07, 6.45) is 5.94. The van der Waals surface area contributed by atoms with E-state index in [1.807, 2.05) is 12.4 Å². The first-order valence-corrected chi connectivity index (χ1v) is 6.54. The summed E-state index contributed by atoms with van der Waals surface area (Å²) in [6.45, 7) is 5.62. The molecular weight excluding hydrogens is 228 g/mol. The SMILES string of the molecule is CCCc1ccnc2ncc(N3CCOCC3)n12. The fourth-order valence-electron chi connectivity index (χ4n) is 2.43. The van der Waals surface area contributed by atoms with Crippen LogP contribution in [0.4, 0.5) is 5.82 Å². The molecule has 0 saturated carbocycles. The number of aryl methyl sites for hydroxylation is 1. The maximum Gasteiger partial charge on any atom is 0.235 e. The summed E-state index contributed by atoms with van der Waals surface area (Å²) in [4.78, 5) is 11.1. The second-order valence-corrected chi connectivity index (χ2v) is 4.54. The Kier molecular flexibility index (Phi) is 3.15. The van der Waals surface area contributed by atoms with E-state index in [0.717, 1.165) is 50.7 Å². The first kappa shape index (κ1) is 11.5. The summed E-state index contributed by atoms with van der Waals surface area (Å²) in [5, 5.41) is 0. The fourth-order valence-corrected chi connectivity index (χ4v) is 2.43. The minimum atomic E-state index is 0.788. The van der Waals surface area contributed by atoms with Crippen molar-refractivity contribution in [3.05, 3.63) is 24.2 Å². The van der Waals surface area contributed by atoms with Gasteiger partial charge < -0.3 is 9.64 Å². The van der Waals surface area contributed by atoms with Crippen LogP contribution in [0, 0.1) is 0 Å². The van der Waals surface area contributed by atoms with E-state index in [2.05, 4.69) is 32.3 Å². The molecule has 0 atom stereocenters. The first-order chi connectivity index (χ1) is 8.90. The maximum absolute atomic E-state index is 5.40. The van der Waals surface area contributed by atoms with Crippen molar-refractivity contribution < 1.29 is 4.74 Å². The van der Waals surface area contributed by atoms with Gasteiger partial charge >= 0.3 is 0 Å². The van der Waals surface area contributed by atoms with Crippen molar-refractivity contribution in [2.75, 3.05) is 31.2 Å². The van der Waals surface area contributed by atoms with Gasteiger partial charge in [0, 0.05) is 25.0 Å². The Morgan fingerprint density at radius 2 is 2.11 bits per heavy atom. The summed E-state index contributed by atoms with van der Waals surface area (Å²) in [5.41, 5.74) is 1.28. The number of aromatic nitrogens is 3. The van der Waals surface area contributed by atoms with Crippen molar-refractivity contribution in [2.45, 2.75) is 19.8 Å². The normalized spacial score (nSPS) is 16.4. The molecule has 18 heavy (non-hydrogen) atoms. The Morgan fingerprint density at radius 1 is 1.28 bits per heavy atom. The highest BCUT2D eigenvalue weighted by atomic mass is 16.5. The average molecular weight is 246 g/mol. The number of hydrogen-bond donors (Lipinski definition) is 0. The second kappa shape index (κ2) is 4.94. The monoisotopic (exact) mass is 246 g/mol. The first-order valence-electron chi connectivity index (χ1n) is 6.54. The van der Waals surface area contributed by atoms with Crippen LogP contribution in [0.2, 0.25) is 0 Å². The number of ether oxygens (including phenoxy) is 1. The van der Waals surface area contributed by atoms with Gasteiger partial charge in [0.15, 0.2) is 0 Å². The minimum absolute atomic E-state index is 0.788. The zero-order valence-electron chi connectivity index (χ0n) is 10.7. The van der Waals surface area contributed by atoms with E-state index in [0.29, 0.717) is 0 Å². The molecule has 5 heteroatoms. The molecule has 0 radical (unpaired) electrons. The Labute approximate surface area is 106 Å². The van der Waals surface area contributed by atoms with Crippen molar-refractivity contribution in [3.63, 3.8) is 0 Å². The summed E-state index contributed by atoms with van der Waals surface area (Å²) < 4.78 is 7.58. The van der Waals surface area contributed by atoms with Crippen molar-refractivity contribution in [2.24, 2.45) is 0 Å². The number of hydrogen-bond acceptors (Lipinski definition) is 4. The number of morpholine rings is 1. The minimum Gasteiger partial charge on any atom is -0.378 e. The van der Waals surface area contributed by atoms with Crippen LogP contribution in [0.15, 0.2) is 18.5 Å². The zero-order chi connectivity index (χ0) is 12.4. The molecule has 0 bridgehead atoms. The molecule has 0 amide bonds. The van der Waals surface area contributed by atoms with Gasteiger partial charge in [0.2, 0.25) is 5.78 Å². The Balaban J connectivity index is 2.05. The van der Waals surface area contributed by atoms with Crippen LogP contribution in [0.1, 0.15) is 19.0 Å². The van der Waals surface area contributed by atoms with Crippen LogP contribution in [0.3, 0.4) is 0 Å². The van der Waals surface area contributed by atoms with E-state index < -0.39 is 0 Å². The van der Waals surface area contributed by atoms with E-state index in [4.69, 9.17) is 4.74 Å². The van der Waals surface area contributed by atoms with E-state index in [1.165, 1.54) is 5.69 Å². The summed E-state index contributed by atoms with van der Waals surface area (Å²) in [5.74, 6) is 1.94. The van der Waals surface area contributed by atoms with Gasteiger partial charge in [-0.15, -0.1) is 0 Å². The molecule has 96 valence electrons. The van der Waals surface area contributed by atoms with Crippen molar-refractivity contribution in [1.29, 1.82) is 0 Å². The van der Waals surface area contributed by atoms with E-state index in [-0.39, 0.29) is 0 Å². The third-order valence-corrected chi connectivity index (χ3v) is 3.31. The lowest BCUT2D eigenvalue weighted by Gasteiger charge is -2.28. The predicted octanol–water partition coefficient (Wildman–Crippen LogP) is 1.52. The van der Waals surface area contributed by atoms with Crippen molar-refractivity contribution in [1.82, 2.24) is 14.4 Å². The standard InChI is InChI=1S/C13H18N4O/c1-2-3-11-4-5-14-13-15-10-12(17(11)13)16-6-8-18-9-7-16/h4-5,10H,2-3,6-9H2,1H3. The van der Waals surface area contributed by atoms with Gasteiger partial charge in [0.05, 0.1) is 19.4 Å². The fraction of sp³-hybridized carbons (Fsp3) is 0.538. The van der Waals surface area contributed by atoms with Gasteiger partial charge in [-0.25, -0.2) is 9.97 Å². The van der Waals surface area contributed by atoms with Crippen LogP contribution < -0.4 is 4.90 Å². The average Bonchev–Trinajstić information content (AvgIpc) is 2.85. The van der Waals surface area contributed by atoms with Gasteiger partial charge in [-0.05, 0) is 12.5 Å². The van der Waals surface area contributed by atoms with Crippen molar-refractivity contribution in [3.8, 4) is 0 Å². The number of fused-ring (bicyclic) bond motifs is 1. The second-order valence-electron chi connectivity index (χ2n) is 4.54. The molecule has 3 heterocycles. The Morgan fingerprint density at radius 3 is 2.89 bits per heavy atom. The van der Waals surface area contributed by atoms with Gasteiger partial charge in [-0.2, -0.15) is 0 Å². The zero-order valence-corrected chi connectivity index (χ0v) is 10.7. The molecule has 5 nitrogen and oxygen atoms in total. The van der Waals surface area contributed by atoms with Crippen molar-refractivity contribution >= 4 is 11.6 Å². The molecule has 0 unspecified atom stereocenters. The van der Waals surface area contributed by atoms with Crippen LogP contribution >= 0.6 is 0 Å². The van der Waals surface area contributed by atoms with E-state index >= 15 is 0 Å². The number of anilines is 1. The molecule has 3 rings (SSSR count). The number of rotatable bonds is 3. The molecule has 1 saturated heterocycles. The molecular formula is C13H18N4O. The summed E-state index contributed by atoms with van der Waals surface area (Å²) >= 11 is 0. The van der Waals surface area contributed by atoms with Crippen LogP contribution in [0.25, 0.3) is 5.78 Å². The van der Waals surface area contributed by atoms with Gasteiger partial charge in [-0.3, -0.25) is 4.40 Å². The molecule has 2 aromatic heterocycles. The van der Waals surface area contributed by atoms with E-state index in [1.54, 1.807) is 0 Å². The van der Waals surface area contributed by atoms with Crippen LogP contribution in [-0.2, 0) is 11.2 Å². The topological polar surface area (TPSA) is 42.7 Å². The third-order valence-electron chi connectivity index (χ3n) is 3.31. The molecule has 1 fully saturated rings. The maximum atomic E-state index is 5.40. The lowest BCUT2D eigenvalue weighted by Crippen LogP contribution is -2.37. The Hall–Kier alpha value is -1.62. The predicted molar refractivity (Wildman–Crippen MR) is 70.0 cm³/mol. The van der Waals surface area contributed by atoms with Crippen LogP contribution in [-0.4, -0.2) is 40.7 Å². The lowest BCUT2D eigenvalue weighted by atomic mass is 10.2. The molecule has 1 aliphatic heterocycles. The largest absolute Gasteiger partial charge is 0.378 e. The van der Waals surface area contributed by atoms with Gasteiger partial charge in [-0.1, -0.05) is 13.3 Å². The van der Waals surface area contributed by atoms with Crippen LogP contribution in [0.5, 0.6) is 0 Å². The highest BCUT2D eigenvalue weighted by Gasteiger charge is 2.17. The lowest BCUT2D eigenvalue weighted by molar-refractivity contribution is 0.122. The highest BCUT2D eigenvalue weighted by Crippen LogP contribution is 2.19. The van der Waals surface area contributed by atoms with E-state index in [9.17, 15) is 0 Å². The van der Waals surface area contributed by atoms with Gasteiger partial charge in [0.1, 0.15) is 5.82 Å². The molecule has 0 N–H and O–H groups in total. The number of imidazole rings is 1. The molecule has 1 aliphatic rings.